The van der Waals surface area contributed by atoms with Gasteiger partial charge in [-0.15, -0.1) is 0 Å². The number of likely N-dealkylation sites (tertiary alicyclic amines) is 1. The molecule has 0 aromatic heterocycles. The summed E-state index contributed by atoms with van der Waals surface area (Å²) in [5.74, 6) is -0.248. The monoisotopic (exact) mass is 332 g/mol. The first-order valence-electron chi connectivity index (χ1n) is 8.55. The molecular weight excluding hydrogens is 308 g/mol. The number of hydrogen-bond donors (Lipinski definition) is 1. The molecule has 2 aliphatic rings. The SMILES string of the molecule is CCOC1CCN(C(=O)C2OCC(=O)NC2c2ccccc2)CC1. The summed E-state index contributed by atoms with van der Waals surface area (Å²) >= 11 is 0. The molecule has 1 N–H and O–H groups in total. The molecule has 2 aliphatic heterocycles. The zero-order chi connectivity index (χ0) is 16.9. The third-order valence-corrected chi connectivity index (χ3v) is 4.57. The second kappa shape index (κ2) is 7.77. The van der Waals surface area contributed by atoms with Crippen molar-refractivity contribution >= 4 is 11.8 Å². The molecule has 2 saturated heterocycles. The van der Waals surface area contributed by atoms with E-state index in [2.05, 4.69) is 5.32 Å². The number of carbonyl (C=O) groups is 2. The number of amides is 2. The second-order valence-electron chi connectivity index (χ2n) is 6.17. The molecule has 6 heteroatoms. The van der Waals surface area contributed by atoms with E-state index in [0.29, 0.717) is 19.7 Å². The van der Waals surface area contributed by atoms with Crippen LogP contribution < -0.4 is 5.32 Å². The van der Waals surface area contributed by atoms with E-state index in [1.165, 1.54) is 0 Å². The molecule has 1 aromatic rings. The van der Waals surface area contributed by atoms with Crippen LogP contribution in [0.2, 0.25) is 0 Å². The van der Waals surface area contributed by atoms with Crippen LogP contribution in [0.25, 0.3) is 0 Å². The molecule has 130 valence electrons. The van der Waals surface area contributed by atoms with E-state index in [4.69, 9.17) is 9.47 Å². The van der Waals surface area contributed by atoms with E-state index >= 15 is 0 Å². The van der Waals surface area contributed by atoms with Gasteiger partial charge in [0.25, 0.3) is 5.91 Å². The van der Waals surface area contributed by atoms with E-state index in [-0.39, 0.29) is 24.5 Å². The lowest BCUT2D eigenvalue weighted by atomic mass is 9.97. The molecule has 0 radical (unpaired) electrons. The Balaban J connectivity index is 1.69. The van der Waals surface area contributed by atoms with Gasteiger partial charge in [0, 0.05) is 19.7 Å². The van der Waals surface area contributed by atoms with Crippen molar-refractivity contribution in [2.45, 2.75) is 38.0 Å². The molecule has 2 atom stereocenters. The lowest BCUT2D eigenvalue weighted by Crippen LogP contribution is -2.54. The summed E-state index contributed by atoms with van der Waals surface area (Å²) in [5, 5.41) is 2.90. The van der Waals surface area contributed by atoms with Crippen molar-refractivity contribution in [2.24, 2.45) is 0 Å². The highest BCUT2D eigenvalue weighted by atomic mass is 16.5. The van der Waals surface area contributed by atoms with Crippen LogP contribution in [0.1, 0.15) is 31.4 Å². The Labute approximate surface area is 142 Å². The number of piperidine rings is 1. The minimum atomic E-state index is -0.672. The van der Waals surface area contributed by atoms with Gasteiger partial charge in [-0.1, -0.05) is 30.3 Å². The van der Waals surface area contributed by atoms with Crippen LogP contribution in [0.5, 0.6) is 0 Å². The second-order valence-corrected chi connectivity index (χ2v) is 6.17. The van der Waals surface area contributed by atoms with Crippen LogP contribution in [0.15, 0.2) is 30.3 Å². The third kappa shape index (κ3) is 3.76. The molecule has 1 aromatic carbocycles. The van der Waals surface area contributed by atoms with E-state index in [0.717, 1.165) is 18.4 Å². The minimum Gasteiger partial charge on any atom is -0.378 e. The average molecular weight is 332 g/mol. The average Bonchev–Trinajstić information content (AvgIpc) is 2.63. The Hall–Kier alpha value is -1.92. The van der Waals surface area contributed by atoms with Crippen LogP contribution in [-0.4, -0.2) is 55.2 Å². The first kappa shape index (κ1) is 16.9. The fourth-order valence-corrected chi connectivity index (χ4v) is 3.34. The van der Waals surface area contributed by atoms with Crippen molar-refractivity contribution in [2.75, 3.05) is 26.3 Å². The van der Waals surface area contributed by atoms with E-state index in [9.17, 15) is 9.59 Å². The number of ether oxygens (including phenoxy) is 2. The first-order valence-corrected chi connectivity index (χ1v) is 8.55. The molecule has 6 nitrogen and oxygen atoms in total. The van der Waals surface area contributed by atoms with Crippen molar-refractivity contribution in [1.82, 2.24) is 10.2 Å². The maximum absolute atomic E-state index is 12.9. The van der Waals surface area contributed by atoms with Gasteiger partial charge in [-0.05, 0) is 25.3 Å². The van der Waals surface area contributed by atoms with E-state index in [1.807, 2.05) is 42.2 Å². The summed E-state index contributed by atoms with van der Waals surface area (Å²) < 4.78 is 11.2. The minimum absolute atomic E-state index is 0.0567. The Morgan fingerprint density at radius 2 is 2.00 bits per heavy atom. The molecule has 0 spiro atoms. The first-order chi connectivity index (χ1) is 11.7. The number of carbonyl (C=O) groups excluding carboxylic acids is 2. The number of nitrogens with zero attached hydrogens (tertiary/aromatic N) is 1. The molecule has 2 amide bonds. The van der Waals surface area contributed by atoms with Crippen molar-refractivity contribution in [1.29, 1.82) is 0 Å². The topological polar surface area (TPSA) is 67.9 Å². The maximum atomic E-state index is 12.9. The summed E-state index contributed by atoms with van der Waals surface area (Å²) in [7, 11) is 0. The zero-order valence-electron chi connectivity index (χ0n) is 13.9. The van der Waals surface area contributed by atoms with Gasteiger partial charge in [0.1, 0.15) is 6.61 Å². The van der Waals surface area contributed by atoms with Gasteiger partial charge >= 0.3 is 0 Å². The predicted molar refractivity (Wildman–Crippen MR) is 88.3 cm³/mol. The predicted octanol–water partition coefficient (Wildman–Crippen LogP) is 1.27. The fraction of sp³-hybridized carbons (Fsp3) is 0.556. The quantitative estimate of drug-likeness (QED) is 0.902. The third-order valence-electron chi connectivity index (χ3n) is 4.57. The smallest absolute Gasteiger partial charge is 0.254 e. The van der Waals surface area contributed by atoms with Gasteiger partial charge in [0.15, 0.2) is 6.10 Å². The highest BCUT2D eigenvalue weighted by Crippen LogP contribution is 2.25. The Bertz CT molecular complexity index is 570. The number of benzene rings is 1. The molecule has 24 heavy (non-hydrogen) atoms. The highest BCUT2D eigenvalue weighted by molar-refractivity contribution is 5.86. The normalized spacial score (nSPS) is 25.4. The fourth-order valence-electron chi connectivity index (χ4n) is 3.34. The van der Waals surface area contributed by atoms with Crippen LogP contribution in [0.4, 0.5) is 0 Å². The zero-order valence-corrected chi connectivity index (χ0v) is 13.9. The summed E-state index contributed by atoms with van der Waals surface area (Å²) in [4.78, 5) is 26.5. The van der Waals surface area contributed by atoms with Crippen LogP contribution in [0.3, 0.4) is 0 Å². The van der Waals surface area contributed by atoms with E-state index in [1.54, 1.807) is 0 Å². The summed E-state index contributed by atoms with van der Waals surface area (Å²) in [6.45, 7) is 3.94. The molecule has 0 bridgehead atoms. The summed E-state index contributed by atoms with van der Waals surface area (Å²) in [6, 6.07) is 9.06. The summed E-state index contributed by atoms with van der Waals surface area (Å²) in [6.07, 6.45) is 1.24. The summed E-state index contributed by atoms with van der Waals surface area (Å²) in [5.41, 5.74) is 0.883. The molecule has 3 rings (SSSR count). The molecule has 0 aliphatic carbocycles. The Morgan fingerprint density at radius 1 is 1.29 bits per heavy atom. The molecule has 2 unspecified atom stereocenters. The molecule has 2 heterocycles. The molecular formula is C18H24N2O4. The van der Waals surface area contributed by atoms with Crippen molar-refractivity contribution in [3.63, 3.8) is 0 Å². The van der Waals surface area contributed by atoms with Gasteiger partial charge in [-0.25, -0.2) is 0 Å². The van der Waals surface area contributed by atoms with Gasteiger partial charge < -0.3 is 19.7 Å². The Kier molecular flexibility index (Phi) is 5.48. The van der Waals surface area contributed by atoms with Gasteiger partial charge in [0.05, 0.1) is 12.1 Å². The lowest BCUT2D eigenvalue weighted by molar-refractivity contribution is -0.157. The van der Waals surface area contributed by atoms with Crippen molar-refractivity contribution < 1.29 is 19.1 Å². The largest absolute Gasteiger partial charge is 0.378 e. The van der Waals surface area contributed by atoms with Crippen LogP contribution in [-0.2, 0) is 19.1 Å². The van der Waals surface area contributed by atoms with Gasteiger partial charge in [0.2, 0.25) is 5.91 Å². The van der Waals surface area contributed by atoms with E-state index < -0.39 is 12.1 Å². The van der Waals surface area contributed by atoms with Crippen molar-refractivity contribution in [3.8, 4) is 0 Å². The highest BCUT2D eigenvalue weighted by Gasteiger charge is 2.39. The van der Waals surface area contributed by atoms with Crippen molar-refractivity contribution in [3.05, 3.63) is 35.9 Å². The van der Waals surface area contributed by atoms with Crippen LogP contribution >= 0.6 is 0 Å². The molecule has 0 saturated carbocycles. The number of hydrogen-bond acceptors (Lipinski definition) is 4. The Morgan fingerprint density at radius 3 is 2.67 bits per heavy atom. The van der Waals surface area contributed by atoms with Gasteiger partial charge in [-0.3, -0.25) is 9.59 Å². The number of morpholine rings is 1. The maximum Gasteiger partial charge on any atom is 0.254 e. The van der Waals surface area contributed by atoms with Gasteiger partial charge in [-0.2, -0.15) is 0 Å². The van der Waals surface area contributed by atoms with Crippen LogP contribution in [0, 0.1) is 0 Å². The standard InChI is InChI=1S/C18H24N2O4/c1-2-23-14-8-10-20(11-9-14)18(22)17-16(19-15(21)12-24-17)13-6-4-3-5-7-13/h3-7,14,16-17H,2,8-12H2,1H3,(H,19,21). The molecule has 2 fully saturated rings. The number of rotatable bonds is 4. The number of nitrogens with one attached hydrogen (secondary N) is 1. The lowest BCUT2D eigenvalue weighted by Gasteiger charge is -2.38.